The number of aromatic nitrogens is 1. The summed E-state index contributed by atoms with van der Waals surface area (Å²) in [5.41, 5.74) is 1.10. The number of anilines is 1. The molecule has 0 unspecified atom stereocenters. The second-order valence-electron chi connectivity index (χ2n) is 5.53. The quantitative estimate of drug-likeness (QED) is 0.940. The van der Waals surface area contributed by atoms with Crippen LogP contribution in [-0.4, -0.2) is 23.8 Å². The number of halogens is 1. The van der Waals surface area contributed by atoms with Crippen molar-refractivity contribution in [3.05, 3.63) is 29.7 Å². The minimum atomic E-state index is -1.71. The predicted molar refractivity (Wildman–Crippen MR) is 79.7 cm³/mol. The molecule has 1 N–H and O–H groups in total. The van der Waals surface area contributed by atoms with Crippen LogP contribution in [0.5, 0.6) is 5.75 Å². The van der Waals surface area contributed by atoms with Gasteiger partial charge >= 0.3 is 0 Å². The van der Waals surface area contributed by atoms with Gasteiger partial charge in [-0.2, -0.15) is 0 Å². The van der Waals surface area contributed by atoms with E-state index >= 15 is 0 Å². The number of alkyl halides is 1. The number of carbonyl (C=O) groups excluding carboxylic acids is 1. The minimum Gasteiger partial charge on any atom is -0.496 e. The number of carbonyl (C=O) groups is 1. The molecular formula is C16H17FN2O3. The molecule has 1 heterocycles. The number of amides is 1. The van der Waals surface area contributed by atoms with E-state index in [0.717, 1.165) is 16.8 Å². The minimum absolute atomic E-state index is 0.283. The van der Waals surface area contributed by atoms with Crippen molar-refractivity contribution in [2.24, 2.45) is 0 Å². The highest BCUT2D eigenvalue weighted by molar-refractivity contribution is 5.99. The normalized spacial score (nSPS) is 15.5. The van der Waals surface area contributed by atoms with Gasteiger partial charge in [-0.15, -0.1) is 0 Å². The lowest BCUT2D eigenvalue weighted by Crippen LogP contribution is -2.25. The molecule has 2 aromatic rings. The SMILES string of the molecule is COc1ccc(NC(=O)C2(F)CC2)cc1-c1c(C)noc1C. The first-order valence-corrected chi connectivity index (χ1v) is 7.06. The average molecular weight is 304 g/mol. The van der Waals surface area contributed by atoms with E-state index in [4.69, 9.17) is 9.26 Å². The number of nitrogens with zero attached hydrogens (tertiary/aromatic N) is 1. The highest BCUT2D eigenvalue weighted by Crippen LogP contribution is 2.41. The number of methoxy groups -OCH3 is 1. The van der Waals surface area contributed by atoms with Gasteiger partial charge in [0.2, 0.25) is 0 Å². The molecule has 1 aliphatic carbocycles. The maximum absolute atomic E-state index is 13.8. The molecule has 22 heavy (non-hydrogen) atoms. The van der Waals surface area contributed by atoms with Gasteiger partial charge in [0, 0.05) is 11.3 Å². The fourth-order valence-electron chi connectivity index (χ4n) is 2.43. The Morgan fingerprint density at radius 1 is 1.41 bits per heavy atom. The predicted octanol–water partition coefficient (Wildman–Crippen LogP) is 3.41. The maximum Gasteiger partial charge on any atom is 0.262 e. The van der Waals surface area contributed by atoms with Crippen LogP contribution < -0.4 is 10.1 Å². The van der Waals surface area contributed by atoms with Crippen molar-refractivity contribution in [3.8, 4) is 16.9 Å². The van der Waals surface area contributed by atoms with E-state index < -0.39 is 11.6 Å². The lowest BCUT2D eigenvalue weighted by molar-refractivity contribution is -0.122. The van der Waals surface area contributed by atoms with Crippen LogP contribution in [-0.2, 0) is 4.79 Å². The highest BCUT2D eigenvalue weighted by Gasteiger charge is 2.50. The Morgan fingerprint density at radius 3 is 2.68 bits per heavy atom. The third kappa shape index (κ3) is 2.45. The summed E-state index contributed by atoms with van der Waals surface area (Å²) in [6.45, 7) is 3.64. The molecule has 1 aliphatic rings. The van der Waals surface area contributed by atoms with Crippen LogP contribution in [0.15, 0.2) is 22.7 Å². The lowest BCUT2D eigenvalue weighted by Gasteiger charge is -2.12. The van der Waals surface area contributed by atoms with Crippen LogP contribution in [0.3, 0.4) is 0 Å². The van der Waals surface area contributed by atoms with Crippen molar-refractivity contribution in [1.82, 2.24) is 5.16 Å². The Hall–Kier alpha value is -2.37. The standard InChI is InChI=1S/C16H17FN2O3/c1-9-14(10(2)22-19-9)12-8-11(4-5-13(12)21-3)18-15(20)16(17)6-7-16/h4-5,8H,6-7H2,1-3H3,(H,18,20). The van der Waals surface area contributed by atoms with Crippen molar-refractivity contribution < 1.29 is 18.4 Å². The Balaban J connectivity index is 1.98. The van der Waals surface area contributed by atoms with Gasteiger partial charge in [-0.25, -0.2) is 4.39 Å². The van der Waals surface area contributed by atoms with Crippen LogP contribution in [0.25, 0.3) is 11.1 Å². The molecule has 0 saturated heterocycles. The average Bonchev–Trinajstić information content (AvgIpc) is 3.16. The van der Waals surface area contributed by atoms with Crippen LogP contribution >= 0.6 is 0 Å². The first kappa shape index (κ1) is 14.6. The Bertz CT molecular complexity index is 715. The number of ether oxygens (including phenoxy) is 1. The van der Waals surface area contributed by atoms with Gasteiger partial charge in [-0.1, -0.05) is 5.16 Å². The van der Waals surface area contributed by atoms with Crippen molar-refractivity contribution in [1.29, 1.82) is 0 Å². The van der Waals surface area contributed by atoms with Crippen molar-refractivity contribution in [3.63, 3.8) is 0 Å². The van der Waals surface area contributed by atoms with Gasteiger partial charge in [-0.05, 0) is 44.9 Å². The molecule has 1 saturated carbocycles. The van der Waals surface area contributed by atoms with Gasteiger partial charge in [0.15, 0.2) is 5.67 Å². The third-order valence-corrected chi connectivity index (χ3v) is 3.86. The van der Waals surface area contributed by atoms with Crippen LogP contribution in [0.1, 0.15) is 24.3 Å². The third-order valence-electron chi connectivity index (χ3n) is 3.86. The molecule has 0 spiro atoms. The molecule has 116 valence electrons. The van der Waals surface area contributed by atoms with Crippen molar-refractivity contribution in [2.45, 2.75) is 32.4 Å². The number of aryl methyl sites for hydroxylation is 2. The van der Waals surface area contributed by atoms with E-state index in [0.29, 0.717) is 17.2 Å². The highest BCUT2D eigenvalue weighted by atomic mass is 19.1. The van der Waals surface area contributed by atoms with Crippen molar-refractivity contribution >= 4 is 11.6 Å². The van der Waals surface area contributed by atoms with Gasteiger partial charge in [-0.3, -0.25) is 4.79 Å². The summed E-state index contributed by atoms with van der Waals surface area (Å²) >= 11 is 0. The summed E-state index contributed by atoms with van der Waals surface area (Å²) in [4.78, 5) is 11.8. The molecule has 1 aromatic carbocycles. The van der Waals surface area contributed by atoms with Gasteiger partial charge in [0.1, 0.15) is 11.5 Å². The summed E-state index contributed by atoms with van der Waals surface area (Å²) in [6, 6.07) is 5.16. The largest absolute Gasteiger partial charge is 0.496 e. The molecule has 0 aliphatic heterocycles. The molecule has 0 radical (unpaired) electrons. The molecule has 3 rings (SSSR count). The van der Waals surface area contributed by atoms with E-state index in [-0.39, 0.29) is 12.8 Å². The Labute approximate surface area is 127 Å². The Morgan fingerprint density at radius 2 is 2.14 bits per heavy atom. The van der Waals surface area contributed by atoms with Crippen LogP contribution in [0.2, 0.25) is 0 Å². The molecule has 0 atom stereocenters. The zero-order valence-electron chi connectivity index (χ0n) is 12.7. The second kappa shape index (κ2) is 5.12. The van der Waals surface area contributed by atoms with Crippen LogP contribution in [0, 0.1) is 13.8 Å². The van der Waals surface area contributed by atoms with E-state index in [1.54, 1.807) is 32.2 Å². The summed E-state index contributed by atoms with van der Waals surface area (Å²) in [5.74, 6) is 0.694. The molecule has 0 bridgehead atoms. The number of hydrogen-bond acceptors (Lipinski definition) is 4. The summed E-state index contributed by atoms with van der Waals surface area (Å²) in [7, 11) is 1.57. The van der Waals surface area contributed by atoms with E-state index in [1.165, 1.54) is 0 Å². The summed E-state index contributed by atoms with van der Waals surface area (Å²) in [6.07, 6.45) is 0.567. The fourth-order valence-corrected chi connectivity index (χ4v) is 2.43. The van der Waals surface area contributed by atoms with E-state index in [9.17, 15) is 9.18 Å². The van der Waals surface area contributed by atoms with E-state index in [2.05, 4.69) is 10.5 Å². The smallest absolute Gasteiger partial charge is 0.262 e. The van der Waals surface area contributed by atoms with E-state index in [1.807, 2.05) is 6.92 Å². The summed E-state index contributed by atoms with van der Waals surface area (Å²) < 4.78 is 24.3. The first-order chi connectivity index (χ1) is 10.4. The number of hydrogen-bond donors (Lipinski definition) is 1. The van der Waals surface area contributed by atoms with Crippen molar-refractivity contribution in [2.75, 3.05) is 12.4 Å². The number of rotatable bonds is 4. The zero-order chi connectivity index (χ0) is 15.9. The lowest BCUT2D eigenvalue weighted by atomic mass is 10.0. The monoisotopic (exact) mass is 304 g/mol. The molecule has 1 fully saturated rings. The fraction of sp³-hybridized carbons (Fsp3) is 0.375. The van der Waals surface area contributed by atoms with Gasteiger partial charge < -0.3 is 14.6 Å². The topological polar surface area (TPSA) is 64.4 Å². The van der Waals surface area contributed by atoms with Gasteiger partial charge in [0.05, 0.1) is 18.4 Å². The number of nitrogens with one attached hydrogen (secondary N) is 1. The molecule has 1 aromatic heterocycles. The maximum atomic E-state index is 13.8. The molecular weight excluding hydrogens is 287 g/mol. The first-order valence-electron chi connectivity index (χ1n) is 7.06. The number of benzene rings is 1. The second-order valence-corrected chi connectivity index (χ2v) is 5.53. The summed E-state index contributed by atoms with van der Waals surface area (Å²) in [5, 5.41) is 6.55. The van der Waals surface area contributed by atoms with Crippen LogP contribution in [0.4, 0.5) is 10.1 Å². The molecule has 1 amide bonds. The molecule has 5 nitrogen and oxygen atoms in total. The molecule has 6 heteroatoms. The van der Waals surface area contributed by atoms with Gasteiger partial charge in [0.25, 0.3) is 5.91 Å². The zero-order valence-corrected chi connectivity index (χ0v) is 12.7. The Kier molecular flexibility index (Phi) is 3.39.